The largest absolute Gasteiger partial charge is 0.462 e. The van der Waals surface area contributed by atoms with Crippen molar-refractivity contribution in [2.75, 3.05) is 0 Å². The molecule has 6 nitrogen and oxygen atoms in total. The first-order valence-corrected chi connectivity index (χ1v) is 18.8. The lowest BCUT2D eigenvalue weighted by Gasteiger charge is -2.68. The van der Waals surface area contributed by atoms with Crippen LogP contribution >= 0.6 is 0 Å². The van der Waals surface area contributed by atoms with E-state index in [0.717, 1.165) is 68.8 Å². The fourth-order valence-corrected chi connectivity index (χ4v) is 12.3. The zero-order chi connectivity index (χ0) is 34.9. The van der Waals surface area contributed by atoms with Gasteiger partial charge in [-0.15, -0.1) is 0 Å². The number of ether oxygens (including phenoxy) is 1. The van der Waals surface area contributed by atoms with Crippen LogP contribution in [0.3, 0.4) is 0 Å². The molecule has 0 aliphatic heterocycles. The molecule has 4 saturated carbocycles. The third-order valence-corrected chi connectivity index (χ3v) is 14.3. The standard InChI is InChI=1S/C42H59NO5/c1-26(2)36-30(45)23-42(43-34(46)22-27-12-10-9-11-13-27)21-16-29-28(37(36)42)14-15-32-40(29,7)19-17-31-39(5,6)33(18-20-41(31,32)8)48-35(47)24-38(3,4)25-44/h9-13,25-26,28-29,31-33H,14-24H2,1-8H3,(H,43,46). The molecule has 48 heavy (non-hydrogen) atoms. The molecule has 0 spiro atoms. The Bertz CT molecular complexity index is 1490. The summed E-state index contributed by atoms with van der Waals surface area (Å²) in [7, 11) is 0. The third kappa shape index (κ3) is 5.71. The van der Waals surface area contributed by atoms with Gasteiger partial charge in [-0.1, -0.05) is 85.7 Å². The number of Topliss-reactive ketones (excluding diaryl/α,β-unsaturated/α-hetero) is 1. The number of allylic oxidation sites excluding steroid dienone is 1. The van der Waals surface area contributed by atoms with Crippen molar-refractivity contribution in [2.45, 2.75) is 138 Å². The van der Waals surface area contributed by atoms with Gasteiger partial charge >= 0.3 is 5.97 Å². The van der Waals surface area contributed by atoms with Crippen LogP contribution in [0.25, 0.3) is 0 Å². The van der Waals surface area contributed by atoms with Crippen LogP contribution in [0.5, 0.6) is 0 Å². The highest BCUT2D eigenvalue weighted by molar-refractivity contribution is 6.02. The van der Waals surface area contributed by atoms with E-state index in [9.17, 15) is 19.2 Å². The molecule has 6 rings (SSSR count). The highest BCUT2D eigenvalue weighted by Crippen LogP contribution is 2.72. The molecule has 5 aliphatic carbocycles. The SMILES string of the molecule is CC(C)C1=C2C3CCC4C(C)(CCC5C(C)(C)C(OC(=O)CC(C)(C)C=O)CCC54C)C3CCC2(NC(=O)Cc2ccccc2)CC1=O. The average Bonchev–Trinajstić information content (AvgIpc) is 3.30. The van der Waals surface area contributed by atoms with Crippen molar-refractivity contribution in [3.8, 4) is 0 Å². The van der Waals surface area contributed by atoms with Crippen LogP contribution in [0.15, 0.2) is 41.5 Å². The van der Waals surface area contributed by atoms with Crippen LogP contribution in [0.4, 0.5) is 0 Å². The Morgan fingerprint density at radius 3 is 2.29 bits per heavy atom. The third-order valence-electron chi connectivity index (χ3n) is 14.3. The maximum atomic E-state index is 13.8. The monoisotopic (exact) mass is 657 g/mol. The van der Waals surface area contributed by atoms with Gasteiger partial charge in [0.15, 0.2) is 5.78 Å². The molecule has 1 N–H and O–H groups in total. The van der Waals surface area contributed by atoms with Gasteiger partial charge in [-0.25, -0.2) is 0 Å². The van der Waals surface area contributed by atoms with E-state index >= 15 is 0 Å². The molecule has 0 heterocycles. The molecule has 262 valence electrons. The lowest BCUT2D eigenvalue weighted by atomic mass is 9.37. The van der Waals surface area contributed by atoms with Gasteiger partial charge in [0.25, 0.3) is 0 Å². The molecule has 4 fully saturated rings. The lowest BCUT2D eigenvalue weighted by molar-refractivity contribution is -0.213. The molecule has 0 aromatic heterocycles. The van der Waals surface area contributed by atoms with Crippen molar-refractivity contribution in [3.05, 3.63) is 47.0 Å². The van der Waals surface area contributed by atoms with Crippen molar-refractivity contribution in [1.29, 1.82) is 0 Å². The van der Waals surface area contributed by atoms with Crippen molar-refractivity contribution in [2.24, 2.45) is 51.2 Å². The van der Waals surface area contributed by atoms with E-state index in [-0.39, 0.29) is 52.3 Å². The number of fused-ring (bicyclic) bond motifs is 7. The Hall–Kier alpha value is -2.76. The van der Waals surface area contributed by atoms with E-state index in [4.69, 9.17) is 4.74 Å². The summed E-state index contributed by atoms with van der Waals surface area (Å²) in [6.07, 6.45) is 9.69. The van der Waals surface area contributed by atoms with Crippen LogP contribution < -0.4 is 5.32 Å². The van der Waals surface area contributed by atoms with Gasteiger partial charge in [0, 0.05) is 17.3 Å². The Labute approximate surface area is 288 Å². The second kappa shape index (κ2) is 12.2. The molecule has 1 aromatic rings. The Morgan fingerprint density at radius 2 is 1.62 bits per heavy atom. The van der Waals surface area contributed by atoms with E-state index in [1.54, 1.807) is 13.8 Å². The van der Waals surface area contributed by atoms with Crippen molar-refractivity contribution in [3.63, 3.8) is 0 Å². The maximum absolute atomic E-state index is 13.8. The number of amides is 1. The predicted molar refractivity (Wildman–Crippen MR) is 188 cm³/mol. The van der Waals surface area contributed by atoms with Gasteiger partial charge < -0.3 is 14.8 Å². The number of benzene rings is 1. The minimum absolute atomic E-state index is 0.0114. The number of hydrogen-bond acceptors (Lipinski definition) is 5. The molecule has 5 aliphatic rings. The zero-order valence-corrected chi connectivity index (χ0v) is 30.7. The number of rotatable bonds is 8. The quantitative estimate of drug-likeness (QED) is 0.225. The molecular formula is C42H59NO5. The van der Waals surface area contributed by atoms with E-state index in [0.29, 0.717) is 36.5 Å². The fourth-order valence-electron chi connectivity index (χ4n) is 12.3. The summed E-state index contributed by atoms with van der Waals surface area (Å²) >= 11 is 0. The second-order valence-electron chi connectivity index (χ2n) is 18.5. The number of esters is 1. The average molecular weight is 658 g/mol. The van der Waals surface area contributed by atoms with Crippen molar-refractivity contribution >= 4 is 23.9 Å². The Morgan fingerprint density at radius 1 is 0.938 bits per heavy atom. The molecule has 8 atom stereocenters. The number of ketones is 1. The van der Waals surface area contributed by atoms with Crippen LogP contribution in [0.1, 0.15) is 125 Å². The number of hydrogen-bond donors (Lipinski definition) is 1. The molecule has 0 radical (unpaired) electrons. The summed E-state index contributed by atoms with van der Waals surface area (Å²) in [6.45, 7) is 17.6. The Kier molecular flexibility index (Phi) is 8.94. The van der Waals surface area contributed by atoms with E-state index < -0.39 is 11.0 Å². The van der Waals surface area contributed by atoms with Crippen LogP contribution in [0, 0.1) is 51.2 Å². The molecule has 1 aromatic carbocycles. The lowest BCUT2D eigenvalue weighted by Crippen LogP contribution is -2.64. The first-order chi connectivity index (χ1) is 22.5. The van der Waals surface area contributed by atoms with Crippen LogP contribution in [0.2, 0.25) is 0 Å². The summed E-state index contributed by atoms with van der Waals surface area (Å²) in [5.74, 6) is 1.89. The van der Waals surface area contributed by atoms with Crippen molar-refractivity contribution < 1.29 is 23.9 Å². The first-order valence-electron chi connectivity index (χ1n) is 18.8. The highest BCUT2D eigenvalue weighted by atomic mass is 16.5. The maximum Gasteiger partial charge on any atom is 0.307 e. The second-order valence-corrected chi connectivity index (χ2v) is 18.5. The topological polar surface area (TPSA) is 89.5 Å². The van der Waals surface area contributed by atoms with E-state index in [1.165, 1.54) is 5.57 Å². The normalized spacial score (nSPS) is 37.2. The highest BCUT2D eigenvalue weighted by Gasteiger charge is 2.66. The van der Waals surface area contributed by atoms with Crippen LogP contribution in [-0.4, -0.2) is 35.6 Å². The van der Waals surface area contributed by atoms with E-state index in [2.05, 4.69) is 46.9 Å². The van der Waals surface area contributed by atoms with Gasteiger partial charge in [0.2, 0.25) is 5.91 Å². The molecule has 6 heteroatoms. The molecule has 1 amide bonds. The first kappa shape index (κ1) is 35.1. The molecule has 0 bridgehead atoms. The summed E-state index contributed by atoms with van der Waals surface area (Å²) < 4.78 is 6.19. The van der Waals surface area contributed by atoms with Gasteiger partial charge in [-0.05, 0) is 108 Å². The van der Waals surface area contributed by atoms with Gasteiger partial charge in [0.1, 0.15) is 12.4 Å². The summed E-state index contributed by atoms with van der Waals surface area (Å²) in [5.41, 5.74) is 2.10. The minimum atomic E-state index is -0.715. The predicted octanol–water partition coefficient (Wildman–Crippen LogP) is 8.22. The van der Waals surface area contributed by atoms with Crippen LogP contribution in [-0.2, 0) is 30.3 Å². The Balaban J connectivity index is 1.26. The summed E-state index contributed by atoms with van der Waals surface area (Å²) in [6, 6.07) is 9.90. The van der Waals surface area contributed by atoms with Gasteiger partial charge in [-0.2, -0.15) is 0 Å². The molecular weight excluding hydrogens is 598 g/mol. The summed E-state index contributed by atoms with van der Waals surface area (Å²) in [5, 5.41) is 3.50. The number of carbonyl (C=O) groups excluding carboxylic acids is 4. The van der Waals surface area contributed by atoms with Gasteiger partial charge in [0.05, 0.1) is 18.4 Å². The summed E-state index contributed by atoms with van der Waals surface area (Å²) in [4.78, 5) is 51.9. The smallest absolute Gasteiger partial charge is 0.307 e. The number of aldehydes is 1. The van der Waals surface area contributed by atoms with Gasteiger partial charge in [-0.3, -0.25) is 14.4 Å². The van der Waals surface area contributed by atoms with Crippen molar-refractivity contribution in [1.82, 2.24) is 5.32 Å². The number of nitrogens with one attached hydrogen (secondary N) is 1. The fraction of sp³-hybridized carbons (Fsp3) is 0.714. The molecule has 0 saturated heterocycles. The molecule has 8 unspecified atom stereocenters. The zero-order valence-electron chi connectivity index (χ0n) is 30.7. The number of carbonyl (C=O) groups is 4. The van der Waals surface area contributed by atoms with E-state index in [1.807, 2.05) is 30.3 Å². The minimum Gasteiger partial charge on any atom is -0.462 e.